The first-order valence-corrected chi connectivity index (χ1v) is 6.61. The summed E-state index contributed by atoms with van der Waals surface area (Å²) in [6.45, 7) is 4.87. The average Bonchev–Trinajstić information content (AvgIpc) is 3.16. The van der Waals surface area contributed by atoms with Crippen LogP contribution < -0.4 is 5.32 Å². The molecule has 6 heteroatoms. The summed E-state index contributed by atoms with van der Waals surface area (Å²) in [6, 6.07) is 3.62. The Bertz CT molecular complexity index is 550. The molecule has 1 aromatic carbocycles. The van der Waals surface area contributed by atoms with Crippen LogP contribution in [-0.4, -0.2) is 22.5 Å². The van der Waals surface area contributed by atoms with Crippen molar-refractivity contribution in [1.82, 2.24) is 5.32 Å². The molecule has 0 heterocycles. The number of hydrogen-bond donors (Lipinski definition) is 2. The number of nitro groups is 1. The lowest BCUT2D eigenvalue weighted by Crippen LogP contribution is -2.32. The maximum absolute atomic E-state index is 12.0. The topological polar surface area (TPSA) is 92.5 Å². The molecule has 1 fully saturated rings. The van der Waals surface area contributed by atoms with Crippen molar-refractivity contribution in [3.05, 3.63) is 33.9 Å². The van der Waals surface area contributed by atoms with Crippen LogP contribution in [0.2, 0.25) is 0 Å². The van der Waals surface area contributed by atoms with Crippen LogP contribution in [0.5, 0.6) is 5.75 Å². The van der Waals surface area contributed by atoms with E-state index in [-0.39, 0.29) is 16.9 Å². The fraction of sp³-hybridized carbons (Fsp3) is 0.500. The second-order valence-corrected chi connectivity index (χ2v) is 5.66. The van der Waals surface area contributed by atoms with Crippen molar-refractivity contribution in [2.24, 2.45) is 11.3 Å². The molecular formula is C14H18N2O4. The largest absolute Gasteiger partial charge is 0.502 e. The van der Waals surface area contributed by atoms with E-state index in [9.17, 15) is 20.0 Å². The summed E-state index contributed by atoms with van der Waals surface area (Å²) in [5, 5.41) is 22.9. The minimum atomic E-state index is -0.686. The molecule has 20 heavy (non-hydrogen) atoms. The number of phenolic OH excluding ortho intramolecular Hbond substituents is 1. The molecule has 0 spiro atoms. The molecule has 0 unspecified atom stereocenters. The highest BCUT2D eigenvalue weighted by Gasteiger charge is 2.45. The minimum absolute atomic E-state index is 0.193. The van der Waals surface area contributed by atoms with Crippen molar-refractivity contribution in [1.29, 1.82) is 0 Å². The number of nitrogens with zero attached hydrogens (tertiary/aromatic N) is 1. The van der Waals surface area contributed by atoms with E-state index < -0.39 is 16.4 Å². The maximum Gasteiger partial charge on any atom is 0.310 e. The van der Waals surface area contributed by atoms with Crippen LogP contribution in [0.25, 0.3) is 0 Å². The quantitative estimate of drug-likeness (QED) is 0.639. The second-order valence-electron chi connectivity index (χ2n) is 5.66. The second kappa shape index (κ2) is 5.11. The lowest BCUT2D eigenvalue weighted by Gasteiger charge is -2.20. The van der Waals surface area contributed by atoms with Gasteiger partial charge in [-0.2, -0.15) is 0 Å². The van der Waals surface area contributed by atoms with Gasteiger partial charge in [-0.1, -0.05) is 13.8 Å². The molecule has 2 rings (SSSR count). The Kier molecular flexibility index (Phi) is 3.65. The third kappa shape index (κ3) is 2.74. The molecule has 0 radical (unpaired) electrons. The van der Waals surface area contributed by atoms with Gasteiger partial charge < -0.3 is 10.4 Å². The number of phenols is 1. The van der Waals surface area contributed by atoms with E-state index in [4.69, 9.17) is 0 Å². The van der Waals surface area contributed by atoms with Crippen molar-refractivity contribution in [3.63, 3.8) is 0 Å². The highest BCUT2D eigenvalue weighted by atomic mass is 16.6. The van der Waals surface area contributed by atoms with Gasteiger partial charge in [0.2, 0.25) is 0 Å². The molecule has 1 amide bonds. The summed E-state index contributed by atoms with van der Waals surface area (Å²) in [6.07, 6.45) is 2.22. The predicted molar refractivity (Wildman–Crippen MR) is 73.6 cm³/mol. The minimum Gasteiger partial charge on any atom is -0.502 e. The van der Waals surface area contributed by atoms with E-state index in [1.165, 1.54) is 6.07 Å². The summed E-state index contributed by atoms with van der Waals surface area (Å²) in [5.74, 6) is -0.303. The first-order valence-electron chi connectivity index (χ1n) is 6.61. The summed E-state index contributed by atoms with van der Waals surface area (Å²) < 4.78 is 0. The third-order valence-electron chi connectivity index (χ3n) is 4.15. The van der Waals surface area contributed by atoms with Crippen LogP contribution in [0.3, 0.4) is 0 Å². The van der Waals surface area contributed by atoms with Crippen molar-refractivity contribution < 1.29 is 14.8 Å². The van der Waals surface area contributed by atoms with E-state index >= 15 is 0 Å². The van der Waals surface area contributed by atoms with E-state index in [0.29, 0.717) is 12.5 Å². The third-order valence-corrected chi connectivity index (χ3v) is 4.15. The molecule has 0 aromatic heterocycles. The summed E-state index contributed by atoms with van der Waals surface area (Å²) in [7, 11) is 0. The molecule has 2 N–H and O–H groups in total. The lowest BCUT2D eigenvalue weighted by molar-refractivity contribution is -0.385. The van der Waals surface area contributed by atoms with Crippen LogP contribution in [-0.2, 0) is 0 Å². The number of nitro benzene ring substituents is 1. The molecule has 108 valence electrons. The molecule has 0 atom stereocenters. The van der Waals surface area contributed by atoms with Gasteiger partial charge in [0.15, 0.2) is 5.75 Å². The molecule has 0 bridgehead atoms. The SMILES string of the molecule is CC(C)C1(CNC(=O)c2ccc([N+](=O)[O-])c(O)c2)CC1. The summed E-state index contributed by atoms with van der Waals surface area (Å²) in [4.78, 5) is 21.9. The highest BCUT2D eigenvalue weighted by molar-refractivity contribution is 5.95. The number of carbonyl (C=O) groups excluding carboxylic acids is 1. The van der Waals surface area contributed by atoms with E-state index in [1.807, 2.05) is 0 Å². The zero-order valence-electron chi connectivity index (χ0n) is 11.5. The van der Waals surface area contributed by atoms with E-state index in [2.05, 4.69) is 19.2 Å². The van der Waals surface area contributed by atoms with E-state index in [0.717, 1.165) is 25.0 Å². The zero-order valence-corrected chi connectivity index (χ0v) is 11.5. The number of amides is 1. The van der Waals surface area contributed by atoms with Gasteiger partial charge in [-0.25, -0.2) is 0 Å². The number of benzene rings is 1. The Labute approximate surface area is 117 Å². The van der Waals surface area contributed by atoms with Crippen LogP contribution in [0.4, 0.5) is 5.69 Å². The molecule has 1 aliphatic rings. The molecule has 1 aliphatic carbocycles. The average molecular weight is 278 g/mol. The molecule has 0 aliphatic heterocycles. The number of nitrogens with one attached hydrogen (secondary N) is 1. The normalized spacial score (nSPS) is 15.9. The molecule has 6 nitrogen and oxygen atoms in total. The van der Waals surface area contributed by atoms with Gasteiger partial charge in [0, 0.05) is 18.2 Å². The molecule has 1 aromatic rings. The molecule has 0 saturated heterocycles. The van der Waals surface area contributed by atoms with Gasteiger partial charge in [-0.3, -0.25) is 14.9 Å². The van der Waals surface area contributed by atoms with E-state index in [1.54, 1.807) is 0 Å². The van der Waals surface area contributed by atoms with Crippen LogP contribution in [0.15, 0.2) is 18.2 Å². The first-order chi connectivity index (χ1) is 9.35. The van der Waals surface area contributed by atoms with Gasteiger partial charge >= 0.3 is 5.69 Å². The van der Waals surface area contributed by atoms with Crippen molar-refractivity contribution in [2.75, 3.05) is 6.54 Å². The maximum atomic E-state index is 12.0. The number of carbonyl (C=O) groups is 1. The summed E-state index contributed by atoms with van der Waals surface area (Å²) in [5.41, 5.74) is 0.0217. The van der Waals surface area contributed by atoms with Crippen molar-refractivity contribution >= 4 is 11.6 Å². The fourth-order valence-electron chi connectivity index (χ4n) is 2.30. The van der Waals surface area contributed by atoms with Crippen LogP contribution >= 0.6 is 0 Å². The highest BCUT2D eigenvalue weighted by Crippen LogP contribution is 2.51. The smallest absolute Gasteiger partial charge is 0.310 e. The Morgan fingerprint density at radius 2 is 2.15 bits per heavy atom. The molecular weight excluding hydrogens is 260 g/mol. The van der Waals surface area contributed by atoms with Gasteiger partial charge in [-0.05, 0) is 36.3 Å². The van der Waals surface area contributed by atoms with Crippen LogP contribution in [0, 0.1) is 21.4 Å². The number of aromatic hydroxyl groups is 1. The Hall–Kier alpha value is -2.11. The number of hydrogen-bond acceptors (Lipinski definition) is 4. The predicted octanol–water partition coefficient (Wildman–Crippen LogP) is 2.47. The standard InChI is InChI=1S/C14H18N2O4/c1-9(2)14(5-6-14)8-15-13(18)10-3-4-11(16(19)20)12(17)7-10/h3-4,7,9,17H,5-6,8H2,1-2H3,(H,15,18). The van der Waals surface area contributed by atoms with Gasteiger partial charge in [0.1, 0.15) is 0 Å². The van der Waals surface area contributed by atoms with Gasteiger partial charge in [0.25, 0.3) is 5.91 Å². The Morgan fingerprint density at radius 3 is 2.60 bits per heavy atom. The monoisotopic (exact) mass is 278 g/mol. The Balaban J connectivity index is 2.03. The van der Waals surface area contributed by atoms with Gasteiger partial charge in [0.05, 0.1) is 4.92 Å². The molecule has 1 saturated carbocycles. The zero-order chi connectivity index (χ0) is 14.9. The van der Waals surface area contributed by atoms with Crippen molar-refractivity contribution in [3.8, 4) is 5.75 Å². The first kappa shape index (κ1) is 14.3. The fourth-order valence-corrected chi connectivity index (χ4v) is 2.30. The Morgan fingerprint density at radius 1 is 1.50 bits per heavy atom. The number of rotatable bonds is 5. The van der Waals surface area contributed by atoms with Crippen molar-refractivity contribution in [2.45, 2.75) is 26.7 Å². The van der Waals surface area contributed by atoms with Gasteiger partial charge in [-0.15, -0.1) is 0 Å². The summed E-state index contributed by atoms with van der Waals surface area (Å²) >= 11 is 0. The lowest BCUT2D eigenvalue weighted by atomic mass is 9.92. The van der Waals surface area contributed by atoms with Crippen LogP contribution in [0.1, 0.15) is 37.0 Å².